The van der Waals surface area contributed by atoms with Gasteiger partial charge in [0.25, 0.3) is 0 Å². The molecule has 1 amide bonds. The molecule has 0 aromatic rings. The molecule has 4 nitrogen and oxygen atoms in total. The summed E-state index contributed by atoms with van der Waals surface area (Å²) in [4.78, 5) is 11.4. The Morgan fingerprint density at radius 1 is 1.05 bits per heavy atom. The zero-order valence-corrected chi connectivity index (χ0v) is 12.8. The lowest BCUT2D eigenvalue weighted by Crippen LogP contribution is -2.39. The molecule has 2 N–H and O–H groups in total. The van der Waals surface area contributed by atoms with Crippen LogP contribution >= 0.6 is 0 Å². The smallest absolute Gasteiger partial charge is 0.407 e. The Hall–Kier alpha value is -0.770. The van der Waals surface area contributed by atoms with Gasteiger partial charge in [0, 0.05) is 19.1 Å². The van der Waals surface area contributed by atoms with E-state index in [9.17, 15) is 4.79 Å². The first-order valence-corrected chi connectivity index (χ1v) is 7.67. The summed E-state index contributed by atoms with van der Waals surface area (Å²) < 4.78 is 5.19. The van der Waals surface area contributed by atoms with Crippen molar-refractivity contribution < 1.29 is 9.53 Å². The number of hydrogen-bond acceptors (Lipinski definition) is 3. The average Bonchev–Trinajstić information content (AvgIpc) is 2.23. The van der Waals surface area contributed by atoms with E-state index < -0.39 is 5.60 Å². The Morgan fingerprint density at radius 2 is 1.63 bits per heavy atom. The van der Waals surface area contributed by atoms with E-state index in [0.717, 1.165) is 6.54 Å². The third-order valence-corrected chi connectivity index (χ3v) is 3.33. The number of hydrogen-bond donors (Lipinski definition) is 2. The van der Waals surface area contributed by atoms with Crippen molar-refractivity contribution >= 4 is 6.09 Å². The molecule has 0 saturated heterocycles. The van der Waals surface area contributed by atoms with E-state index in [4.69, 9.17) is 4.74 Å². The fraction of sp³-hybridized carbons (Fsp3) is 0.933. The van der Waals surface area contributed by atoms with E-state index >= 15 is 0 Å². The lowest BCUT2D eigenvalue weighted by molar-refractivity contribution is 0.0528. The minimum absolute atomic E-state index is 0.327. The molecular weight excluding hydrogens is 240 g/mol. The molecule has 0 radical (unpaired) electrons. The van der Waals surface area contributed by atoms with Gasteiger partial charge >= 0.3 is 6.09 Å². The highest BCUT2D eigenvalue weighted by Crippen LogP contribution is 2.16. The van der Waals surface area contributed by atoms with Crippen molar-refractivity contribution in [3.63, 3.8) is 0 Å². The summed E-state index contributed by atoms with van der Waals surface area (Å²) in [5.41, 5.74) is -0.420. The number of ether oxygens (including phenoxy) is 1. The molecule has 0 aromatic carbocycles. The van der Waals surface area contributed by atoms with E-state index in [1.54, 1.807) is 0 Å². The predicted molar refractivity (Wildman–Crippen MR) is 78.3 cm³/mol. The summed E-state index contributed by atoms with van der Waals surface area (Å²) in [5, 5.41) is 6.32. The maximum Gasteiger partial charge on any atom is 0.407 e. The fourth-order valence-electron chi connectivity index (χ4n) is 2.42. The minimum Gasteiger partial charge on any atom is -0.444 e. The summed E-state index contributed by atoms with van der Waals surface area (Å²) >= 11 is 0. The van der Waals surface area contributed by atoms with Crippen LogP contribution in [0.4, 0.5) is 4.79 Å². The molecule has 0 heterocycles. The number of rotatable bonds is 4. The first-order chi connectivity index (χ1) is 8.97. The van der Waals surface area contributed by atoms with Gasteiger partial charge in [-0.1, -0.05) is 32.1 Å². The van der Waals surface area contributed by atoms with E-state index in [1.807, 2.05) is 20.8 Å². The average molecular weight is 270 g/mol. The Morgan fingerprint density at radius 3 is 2.21 bits per heavy atom. The second-order valence-electron chi connectivity index (χ2n) is 6.42. The van der Waals surface area contributed by atoms with Gasteiger partial charge in [0.1, 0.15) is 5.60 Å². The number of nitrogens with one attached hydrogen (secondary N) is 2. The molecule has 0 unspecified atom stereocenters. The molecule has 0 aromatic heterocycles. The van der Waals surface area contributed by atoms with Crippen LogP contribution in [-0.4, -0.2) is 30.8 Å². The highest BCUT2D eigenvalue weighted by Gasteiger charge is 2.15. The molecule has 1 aliphatic carbocycles. The second kappa shape index (κ2) is 8.41. The third-order valence-electron chi connectivity index (χ3n) is 3.33. The Bertz CT molecular complexity index is 253. The van der Waals surface area contributed by atoms with Crippen LogP contribution < -0.4 is 10.6 Å². The topological polar surface area (TPSA) is 50.4 Å². The van der Waals surface area contributed by atoms with Gasteiger partial charge in [-0.15, -0.1) is 0 Å². The highest BCUT2D eigenvalue weighted by atomic mass is 16.6. The standard InChI is InChI=1S/C15H30N2O2/c1-15(2,3)19-14(18)17-12-11-16-13-9-7-5-4-6-8-10-13/h13,16H,4-12H2,1-3H3,(H,17,18). The van der Waals surface area contributed by atoms with Crippen LogP contribution in [0.5, 0.6) is 0 Å². The van der Waals surface area contributed by atoms with Crippen molar-refractivity contribution in [2.45, 2.75) is 77.4 Å². The summed E-state index contributed by atoms with van der Waals surface area (Å²) in [6.07, 6.45) is 9.01. The quantitative estimate of drug-likeness (QED) is 0.771. The van der Waals surface area contributed by atoms with Crippen molar-refractivity contribution in [1.82, 2.24) is 10.6 Å². The zero-order valence-electron chi connectivity index (χ0n) is 12.8. The summed E-state index contributed by atoms with van der Waals surface area (Å²) in [7, 11) is 0. The van der Waals surface area contributed by atoms with Gasteiger partial charge in [-0.05, 0) is 33.6 Å². The monoisotopic (exact) mass is 270 g/mol. The molecule has 112 valence electrons. The largest absolute Gasteiger partial charge is 0.444 e. The van der Waals surface area contributed by atoms with Crippen LogP contribution in [0.15, 0.2) is 0 Å². The van der Waals surface area contributed by atoms with Gasteiger partial charge in [0.05, 0.1) is 0 Å². The van der Waals surface area contributed by atoms with Crippen LogP contribution in [0.1, 0.15) is 65.7 Å². The number of alkyl carbamates (subject to hydrolysis) is 1. The van der Waals surface area contributed by atoms with Crippen molar-refractivity contribution in [2.24, 2.45) is 0 Å². The lowest BCUT2D eigenvalue weighted by Gasteiger charge is -2.22. The molecule has 1 fully saturated rings. The zero-order chi connectivity index (χ0) is 14.1. The van der Waals surface area contributed by atoms with Crippen molar-refractivity contribution in [3.8, 4) is 0 Å². The van der Waals surface area contributed by atoms with Crippen molar-refractivity contribution in [3.05, 3.63) is 0 Å². The van der Waals surface area contributed by atoms with E-state index in [2.05, 4.69) is 10.6 Å². The van der Waals surface area contributed by atoms with E-state index in [1.165, 1.54) is 44.9 Å². The molecule has 19 heavy (non-hydrogen) atoms. The second-order valence-corrected chi connectivity index (χ2v) is 6.42. The maximum absolute atomic E-state index is 11.4. The van der Waals surface area contributed by atoms with Crippen molar-refractivity contribution in [1.29, 1.82) is 0 Å². The van der Waals surface area contributed by atoms with Crippen molar-refractivity contribution in [2.75, 3.05) is 13.1 Å². The first-order valence-electron chi connectivity index (χ1n) is 7.67. The summed E-state index contributed by atoms with van der Waals surface area (Å²) in [6, 6.07) is 0.626. The molecule has 0 aliphatic heterocycles. The van der Waals surface area contributed by atoms with Gasteiger partial charge in [-0.2, -0.15) is 0 Å². The van der Waals surface area contributed by atoms with Crippen LogP contribution in [0.2, 0.25) is 0 Å². The van der Waals surface area contributed by atoms with Crippen LogP contribution in [0.25, 0.3) is 0 Å². The third kappa shape index (κ3) is 8.87. The molecule has 1 rings (SSSR count). The van der Waals surface area contributed by atoms with Gasteiger partial charge in [-0.25, -0.2) is 4.79 Å². The summed E-state index contributed by atoms with van der Waals surface area (Å²) in [5.74, 6) is 0. The molecule has 1 saturated carbocycles. The van der Waals surface area contributed by atoms with Gasteiger partial charge in [-0.3, -0.25) is 0 Å². The molecule has 4 heteroatoms. The van der Waals surface area contributed by atoms with Crippen LogP contribution in [-0.2, 0) is 4.74 Å². The number of carbonyl (C=O) groups excluding carboxylic acids is 1. The highest BCUT2D eigenvalue weighted by molar-refractivity contribution is 5.67. The molecule has 0 spiro atoms. The Kier molecular flexibility index (Phi) is 7.21. The van der Waals surface area contributed by atoms with E-state index in [0.29, 0.717) is 12.6 Å². The Balaban J connectivity index is 2.07. The normalized spacial score (nSPS) is 18.5. The van der Waals surface area contributed by atoms with Gasteiger partial charge in [0.2, 0.25) is 0 Å². The lowest BCUT2D eigenvalue weighted by atomic mass is 9.97. The number of carbonyl (C=O) groups is 1. The molecule has 0 atom stereocenters. The molecular formula is C15H30N2O2. The SMILES string of the molecule is CC(C)(C)OC(=O)NCCNC1CCCCCCC1. The van der Waals surface area contributed by atoms with Crippen LogP contribution in [0.3, 0.4) is 0 Å². The van der Waals surface area contributed by atoms with Gasteiger partial charge in [0.15, 0.2) is 0 Å². The minimum atomic E-state index is -0.420. The summed E-state index contributed by atoms with van der Waals surface area (Å²) in [6.45, 7) is 7.08. The first kappa shape index (κ1) is 16.3. The van der Waals surface area contributed by atoms with Crippen LogP contribution in [0, 0.1) is 0 Å². The van der Waals surface area contributed by atoms with Gasteiger partial charge < -0.3 is 15.4 Å². The maximum atomic E-state index is 11.4. The fourth-order valence-corrected chi connectivity index (χ4v) is 2.42. The predicted octanol–water partition coefficient (Wildman–Crippen LogP) is 3.21. The molecule has 0 bridgehead atoms. The Labute approximate surface area is 117 Å². The van der Waals surface area contributed by atoms with E-state index in [-0.39, 0.29) is 6.09 Å². The number of amides is 1. The molecule has 1 aliphatic rings.